The molecule has 0 atom stereocenters. The van der Waals surface area contributed by atoms with Gasteiger partial charge in [-0.05, 0) is 135 Å². The molecule has 6 aromatic rings. The van der Waals surface area contributed by atoms with Crippen LogP contribution in [0.2, 0.25) is 0 Å². The van der Waals surface area contributed by atoms with Crippen LogP contribution < -0.4 is 31.8 Å². The van der Waals surface area contributed by atoms with E-state index in [9.17, 15) is 0 Å². The van der Waals surface area contributed by atoms with Crippen LogP contribution in [-0.2, 0) is 25.2 Å². The summed E-state index contributed by atoms with van der Waals surface area (Å²) in [5, 5.41) is 9.12. The standard InChI is InChI=1S/3C16H19P.CH2O.Pd/c3*1-4-17(15-9-5-13(2)6-10-15)16-11-7-14(3)8-12-16;1-2;/h3*5-12H,4H2,1-3H3;1H2;/p+3. The van der Waals surface area contributed by atoms with Crippen molar-refractivity contribution in [3.8, 4) is 0 Å². The van der Waals surface area contributed by atoms with E-state index in [1.165, 1.54) is 83.7 Å². The summed E-state index contributed by atoms with van der Waals surface area (Å²) in [6.07, 6.45) is 3.74. The van der Waals surface area contributed by atoms with Crippen LogP contribution in [0.4, 0.5) is 0 Å². The molecule has 6 rings (SSSR count). The fourth-order valence-corrected chi connectivity index (χ4v) is 13.1. The van der Waals surface area contributed by atoms with Gasteiger partial charge in [0.25, 0.3) is 0 Å². The molecule has 0 heterocycles. The molecule has 6 aromatic carbocycles. The maximum absolute atomic E-state index is 8.00. The predicted molar refractivity (Wildman–Crippen MR) is 249 cm³/mol. The van der Waals surface area contributed by atoms with Gasteiger partial charge in [0.05, 0.1) is 74.1 Å². The Morgan fingerprint density at radius 3 is 0.500 bits per heavy atom. The predicted octanol–water partition coefficient (Wildman–Crippen LogP) is 10.3. The van der Waals surface area contributed by atoms with Gasteiger partial charge in [0.15, 0.2) is 0 Å². The third-order valence-corrected chi connectivity index (χ3v) is 17.8. The van der Waals surface area contributed by atoms with E-state index in [1.54, 1.807) is 0 Å². The van der Waals surface area contributed by atoms with Gasteiger partial charge in [0.2, 0.25) is 0 Å². The van der Waals surface area contributed by atoms with Crippen molar-refractivity contribution in [2.75, 3.05) is 18.5 Å². The van der Waals surface area contributed by atoms with E-state index in [0.717, 1.165) is 0 Å². The smallest absolute Gasteiger partial charge is 0.106 e. The van der Waals surface area contributed by atoms with Crippen molar-refractivity contribution in [3.63, 3.8) is 0 Å². The average molecular weight is 866 g/mol. The van der Waals surface area contributed by atoms with Gasteiger partial charge in [0.1, 0.15) is 6.79 Å². The maximum Gasteiger partial charge on any atom is 0.106 e. The Hall–Kier alpha value is -3.06. The SMILES string of the molecule is C=O.CC[PH+](c1ccc(C)cc1)c1ccc(C)cc1.CC[PH+](c1ccc(C)cc1)c1ccc(C)cc1.CC[PH+](c1ccc(C)cc1)c1ccc(C)cc1.[Pd]. The van der Waals surface area contributed by atoms with Crippen LogP contribution in [-0.4, -0.2) is 25.3 Å². The third kappa shape index (κ3) is 14.9. The van der Waals surface area contributed by atoms with Crippen LogP contribution in [0.5, 0.6) is 0 Å². The van der Waals surface area contributed by atoms with E-state index < -0.39 is 23.8 Å². The first-order chi connectivity index (χ1) is 25.6. The van der Waals surface area contributed by atoms with Crippen LogP contribution in [0.25, 0.3) is 0 Å². The monoisotopic (exact) mass is 865 g/mol. The van der Waals surface area contributed by atoms with Crippen molar-refractivity contribution in [1.29, 1.82) is 0 Å². The first-order valence-electron chi connectivity index (χ1n) is 18.9. The van der Waals surface area contributed by atoms with E-state index in [0.29, 0.717) is 0 Å². The molecule has 0 unspecified atom stereocenters. The summed E-state index contributed by atoms with van der Waals surface area (Å²) in [6.45, 7) is 21.8. The summed E-state index contributed by atoms with van der Waals surface area (Å²) < 4.78 is 0. The van der Waals surface area contributed by atoms with E-state index in [1.807, 2.05) is 6.79 Å². The molecule has 0 aromatic heterocycles. The second kappa shape index (κ2) is 25.2. The number of carbonyl (C=O) groups is 1. The number of benzene rings is 6. The van der Waals surface area contributed by atoms with Crippen LogP contribution >= 0.6 is 23.8 Å². The fourth-order valence-electron chi connectivity index (χ4n) is 6.25. The molecule has 0 N–H and O–H groups in total. The van der Waals surface area contributed by atoms with Crippen molar-refractivity contribution < 1.29 is 25.2 Å². The van der Waals surface area contributed by atoms with Crippen LogP contribution in [0.3, 0.4) is 0 Å². The average Bonchev–Trinajstić information content (AvgIpc) is 3.18. The Kier molecular flexibility index (Phi) is 22.0. The second-order valence-corrected chi connectivity index (χ2v) is 22.1. The van der Waals surface area contributed by atoms with Crippen molar-refractivity contribution in [3.05, 3.63) is 179 Å². The summed E-state index contributed by atoms with van der Waals surface area (Å²) in [4.78, 5) is 8.00. The number of carbonyl (C=O) groups excluding carboxylic acids is 1. The molecule has 1 nitrogen and oxygen atoms in total. The van der Waals surface area contributed by atoms with E-state index in [-0.39, 0.29) is 20.4 Å². The van der Waals surface area contributed by atoms with Gasteiger partial charge in [0, 0.05) is 20.4 Å². The van der Waals surface area contributed by atoms with E-state index in [4.69, 9.17) is 4.79 Å². The topological polar surface area (TPSA) is 17.1 Å². The third-order valence-electron chi connectivity index (χ3n) is 9.46. The molecule has 0 aliphatic carbocycles. The summed E-state index contributed by atoms with van der Waals surface area (Å²) >= 11 is 0. The van der Waals surface area contributed by atoms with Gasteiger partial charge < -0.3 is 4.79 Å². The molecule has 286 valence electrons. The van der Waals surface area contributed by atoms with Gasteiger partial charge in [-0.1, -0.05) is 106 Å². The molecule has 0 fully saturated rings. The van der Waals surface area contributed by atoms with E-state index in [2.05, 4.69) is 208 Å². The molecule has 0 amide bonds. The minimum Gasteiger partial charge on any atom is -0.307 e. The maximum atomic E-state index is 8.00. The Bertz CT molecular complexity index is 1520. The zero-order chi connectivity index (χ0) is 38.8. The Balaban J connectivity index is 0.000000271. The van der Waals surface area contributed by atoms with Crippen LogP contribution in [0.15, 0.2) is 146 Å². The number of aryl methyl sites for hydroxylation is 6. The molecule has 0 saturated carbocycles. The normalized spacial score (nSPS) is 10.3. The number of rotatable bonds is 9. The Morgan fingerprint density at radius 2 is 0.407 bits per heavy atom. The zero-order valence-electron chi connectivity index (χ0n) is 33.9. The molecule has 0 radical (unpaired) electrons. The minimum atomic E-state index is -0.572. The van der Waals surface area contributed by atoms with Gasteiger partial charge in [-0.3, -0.25) is 0 Å². The van der Waals surface area contributed by atoms with Crippen molar-refractivity contribution >= 4 is 62.4 Å². The molecule has 0 saturated heterocycles. The summed E-state index contributed by atoms with van der Waals surface area (Å²) in [6, 6.07) is 54.3. The molecular weight excluding hydrogens is 804 g/mol. The quantitative estimate of drug-likeness (QED) is 0.105. The summed E-state index contributed by atoms with van der Waals surface area (Å²) in [7, 11) is -1.72. The van der Waals surface area contributed by atoms with Gasteiger partial charge >= 0.3 is 0 Å². The van der Waals surface area contributed by atoms with Crippen LogP contribution in [0, 0.1) is 41.5 Å². The largest absolute Gasteiger partial charge is 0.307 e. The van der Waals surface area contributed by atoms with Crippen LogP contribution in [0.1, 0.15) is 54.2 Å². The Morgan fingerprint density at radius 1 is 0.296 bits per heavy atom. The number of hydrogen-bond acceptors (Lipinski definition) is 1. The molecule has 0 spiro atoms. The molecule has 54 heavy (non-hydrogen) atoms. The van der Waals surface area contributed by atoms with E-state index >= 15 is 0 Å². The van der Waals surface area contributed by atoms with Gasteiger partial charge in [-0.15, -0.1) is 0 Å². The minimum absolute atomic E-state index is 0. The van der Waals surface area contributed by atoms with Gasteiger partial charge in [-0.25, -0.2) is 0 Å². The molecular formula is C49H62OP3Pd+3. The van der Waals surface area contributed by atoms with Gasteiger partial charge in [-0.2, -0.15) is 0 Å². The first-order valence-corrected chi connectivity index (χ1v) is 24.0. The van der Waals surface area contributed by atoms with Crippen molar-refractivity contribution in [2.45, 2.75) is 62.3 Å². The Labute approximate surface area is 345 Å². The number of hydrogen-bond donors (Lipinski definition) is 0. The zero-order valence-corrected chi connectivity index (χ0v) is 38.5. The molecule has 0 aliphatic rings. The molecule has 0 aliphatic heterocycles. The first kappa shape index (κ1) is 47.1. The fraction of sp³-hybridized carbons (Fsp3) is 0.245. The molecule has 5 heteroatoms. The van der Waals surface area contributed by atoms with Crippen molar-refractivity contribution in [1.82, 2.24) is 0 Å². The second-order valence-electron chi connectivity index (χ2n) is 13.7. The molecule has 0 bridgehead atoms. The van der Waals surface area contributed by atoms with Crippen molar-refractivity contribution in [2.24, 2.45) is 0 Å². The summed E-state index contributed by atoms with van der Waals surface area (Å²) in [5.41, 5.74) is 8.06. The summed E-state index contributed by atoms with van der Waals surface area (Å²) in [5.74, 6) is 0.